The van der Waals surface area contributed by atoms with Gasteiger partial charge in [0.1, 0.15) is 11.3 Å². The van der Waals surface area contributed by atoms with Crippen molar-refractivity contribution in [2.45, 2.75) is 25.9 Å². The number of carbonyl (C=O) groups excluding carboxylic acids is 1. The van der Waals surface area contributed by atoms with E-state index in [9.17, 15) is 9.59 Å². The van der Waals surface area contributed by atoms with Gasteiger partial charge in [0.25, 0.3) is 5.56 Å². The number of fused-ring (bicyclic) bond motifs is 1. The number of carbonyl (C=O) groups is 1. The van der Waals surface area contributed by atoms with E-state index in [1.54, 1.807) is 22.1 Å². The Hall–Kier alpha value is -2.97. The Morgan fingerprint density at radius 2 is 2.13 bits per heavy atom. The van der Waals surface area contributed by atoms with Crippen LogP contribution < -0.4 is 10.3 Å². The minimum absolute atomic E-state index is 0.156. The molecule has 4 rings (SSSR count). The molecule has 3 aromatic heterocycles. The maximum absolute atomic E-state index is 12.9. The molecule has 0 saturated heterocycles. The normalized spacial score (nSPS) is 14.0. The zero-order valence-corrected chi connectivity index (χ0v) is 18.3. The maximum Gasteiger partial charge on any atom is 0.343 e. The van der Waals surface area contributed by atoms with Crippen molar-refractivity contribution in [2.75, 3.05) is 26.8 Å². The molecular formula is C23H25N3O4S. The zero-order valence-electron chi connectivity index (χ0n) is 17.5. The summed E-state index contributed by atoms with van der Waals surface area (Å²) in [6, 6.07) is 7.41. The summed E-state index contributed by atoms with van der Waals surface area (Å²) in [6.45, 7) is 3.07. The van der Waals surface area contributed by atoms with E-state index in [1.165, 1.54) is 18.7 Å². The largest absolute Gasteiger partial charge is 0.492 e. The molecule has 31 heavy (non-hydrogen) atoms. The van der Waals surface area contributed by atoms with Crippen molar-refractivity contribution in [3.8, 4) is 5.75 Å². The van der Waals surface area contributed by atoms with E-state index in [0.29, 0.717) is 49.5 Å². The summed E-state index contributed by atoms with van der Waals surface area (Å²) in [5, 5.41) is 4.08. The molecule has 7 nitrogen and oxygen atoms in total. The van der Waals surface area contributed by atoms with Crippen molar-refractivity contribution in [2.24, 2.45) is 0 Å². The van der Waals surface area contributed by atoms with Gasteiger partial charge in [0.05, 0.1) is 13.7 Å². The quantitative estimate of drug-likeness (QED) is 0.527. The summed E-state index contributed by atoms with van der Waals surface area (Å²) in [5.41, 5.74) is 3.17. The van der Waals surface area contributed by atoms with Crippen LogP contribution in [0.4, 0.5) is 0 Å². The van der Waals surface area contributed by atoms with Gasteiger partial charge in [0.2, 0.25) is 0 Å². The van der Waals surface area contributed by atoms with Gasteiger partial charge in [0, 0.05) is 63.2 Å². The van der Waals surface area contributed by atoms with E-state index in [0.717, 1.165) is 18.7 Å². The lowest BCUT2D eigenvalue weighted by Gasteiger charge is -2.19. The molecule has 0 aliphatic carbocycles. The molecule has 0 fully saturated rings. The van der Waals surface area contributed by atoms with Crippen molar-refractivity contribution >= 4 is 17.3 Å². The van der Waals surface area contributed by atoms with Crippen molar-refractivity contribution in [3.63, 3.8) is 0 Å². The van der Waals surface area contributed by atoms with Crippen molar-refractivity contribution < 1.29 is 14.3 Å². The van der Waals surface area contributed by atoms with Crippen LogP contribution in [-0.2, 0) is 30.7 Å². The first-order chi connectivity index (χ1) is 15.2. The molecule has 0 N–H and O–H groups in total. The van der Waals surface area contributed by atoms with Gasteiger partial charge in [-0.15, -0.1) is 0 Å². The maximum atomic E-state index is 12.9. The highest BCUT2D eigenvalue weighted by molar-refractivity contribution is 7.07. The molecule has 3 aromatic rings. The number of pyridine rings is 2. The number of thiophene rings is 1. The molecule has 1 aliphatic rings. The van der Waals surface area contributed by atoms with Gasteiger partial charge in [-0.2, -0.15) is 11.3 Å². The van der Waals surface area contributed by atoms with Gasteiger partial charge in [-0.3, -0.25) is 14.7 Å². The molecular weight excluding hydrogens is 414 g/mol. The van der Waals surface area contributed by atoms with Gasteiger partial charge in [-0.1, -0.05) is 6.07 Å². The molecule has 0 radical (unpaired) electrons. The second-order valence-corrected chi connectivity index (χ2v) is 8.21. The zero-order chi connectivity index (χ0) is 21.6. The van der Waals surface area contributed by atoms with E-state index in [-0.39, 0.29) is 5.56 Å². The number of methoxy groups -OCH3 is 1. The summed E-state index contributed by atoms with van der Waals surface area (Å²) < 4.78 is 12.6. The lowest BCUT2D eigenvalue weighted by Crippen LogP contribution is -2.29. The predicted octanol–water partition coefficient (Wildman–Crippen LogP) is 2.77. The van der Waals surface area contributed by atoms with Crippen LogP contribution in [0, 0.1) is 0 Å². The van der Waals surface area contributed by atoms with Crippen LogP contribution in [0.3, 0.4) is 0 Å². The van der Waals surface area contributed by atoms with Crippen LogP contribution in [0.1, 0.15) is 27.2 Å². The number of ether oxygens (including phenoxy) is 2. The third-order valence-corrected chi connectivity index (χ3v) is 6.17. The van der Waals surface area contributed by atoms with Crippen LogP contribution in [0.25, 0.3) is 0 Å². The minimum atomic E-state index is -0.477. The van der Waals surface area contributed by atoms with Crippen LogP contribution >= 0.6 is 11.3 Å². The average Bonchev–Trinajstić information content (AvgIpc) is 3.21. The second kappa shape index (κ2) is 9.89. The first kappa shape index (κ1) is 21.3. The molecule has 0 spiro atoms. The molecule has 8 heteroatoms. The summed E-state index contributed by atoms with van der Waals surface area (Å²) in [4.78, 5) is 32.0. The molecule has 0 atom stereocenters. The SMILES string of the molecule is COC(=O)c1c(OCCc2ccsc2)cc(=O)n2c1CCN(Cc1cccnc1)CC2. The van der Waals surface area contributed by atoms with E-state index in [2.05, 4.69) is 15.3 Å². The fraction of sp³-hybridized carbons (Fsp3) is 0.348. The molecule has 1 aliphatic heterocycles. The third kappa shape index (κ3) is 5.03. The highest BCUT2D eigenvalue weighted by Gasteiger charge is 2.26. The lowest BCUT2D eigenvalue weighted by molar-refractivity contribution is 0.0593. The molecule has 0 amide bonds. The first-order valence-corrected chi connectivity index (χ1v) is 11.2. The fourth-order valence-corrected chi connectivity index (χ4v) is 4.55. The van der Waals surface area contributed by atoms with Crippen molar-refractivity contribution in [1.82, 2.24) is 14.5 Å². The summed E-state index contributed by atoms with van der Waals surface area (Å²) in [7, 11) is 1.35. The average molecular weight is 440 g/mol. The van der Waals surface area contributed by atoms with E-state index in [4.69, 9.17) is 9.47 Å². The van der Waals surface area contributed by atoms with Gasteiger partial charge < -0.3 is 14.0 Å². The fourth-order valence-electron chi connectivity index (χ4n) is 3.85. The Kier molecular flexibility index (Phi) is 6.79. The smallest absolute Gasteiger partial charge is 0.343 e. The monoisotopic (exact) mass is 439 g/mol. The van der Waals surface area contributed by atoms with Gasteiger partial charge in [-0.25, -0.2) is 4.79 Å². The first-order valence-electron chi connectivity index (χ1n) is 10.3. The Labute approximate surface area is 184 Å². The topological polar surface area (TPSA) is 73.7 Å². The van der Waals surface area contributed by atoms with Crippen molar-refractivity contribution in [1.29, 1.82) is 0 Å². The molecule has 0 saturated carbocycles. The Balaban J connectivity index is 1.57. The number of aromatic nitrogens is 2. The lowest BCUT2D eigenvalue weighted by atomic mass is 10.1. The number of hydrogen-bond donors (Lipinski definition) is 0. The van der Waals surface area contributed by atoms with Crippen molar-refractivity contribution in [3.05, 3.63) is 80.2 Å². The number of hydrogen-bond acceptors (Lipinski definition) is 7. The minimum Gasteiger partial charge on any atom is -0.492 e. The van der Waals surface area contributed by atoms with Gasteiger partial charge in [-0.05, 0) is 34.0 Å². The summed E-state index contributed by atoms with van der Waals surface area (Å²) in [6.07, 6.45) is 4.87. The molecule has 0 unspecified atom stereocenters. The molecule has 0 bridgehead atoms. The highest BCUT2D eigenvalue weighted by Crippen LogP contribution is 2.24. The van der Waals surface area contributed by atoms with E-state index in [1.807, 2.05) is 29.8 Å². The number of rotatable bonds is 7. The Morgan fingerprint density at radius 1 is 1.23 bits per heavy atom. The Bertz CT molecular complexity index is 1080. The number of esters is 1. The summed E-state index contributed by atoms with van der Waals surface area (Å²) in [5.74, 6) is -0.172. The predicted molar refractivity (Wildman–Crippen MR) is 119 cm³/mol. The highest BCUT2D eigenvalue weighted by atomic mass is 32.1. The van der Waals surface area contributed by atoms with E-state index < -0.39 is 5.97 Å². The summed E-state index contributed by atoms with van der Waals surface area (Å²) >= 11 is 1.63. The Morgan fingerprint density at radius 3 is 2.87 bits per heavy atom. The molecule has 4 heterocycles. The third-order valence-electron chi connectivity index (χ3n) is 5.43. The van der Waals surface area contributed by atoms with Crippen LogP contribution in [0.5, 0.6) is 5.75 Å². The second-order valence-electron chi connectivity index (χ2n) is 7.43. The van der Waals surface area contributed by atoms with Crippen LogP contribution in [-0.4, -0.2) is 47.2 Å². The van der Waals surface area contributed by atoms with Crippen LogP contribution in [0.15, 0.2) is 52.2 Å². The molecule has 0 aromatic carbocycles. The van der Waals surface area contributed by atoms with Crippen LogP contribution in [0.2, 0.25) is 0 Å². The standard InChI is InChI=1S/C23H25N3O4S/c1-29-23(28)22-19-4-8-25(15-18-3-2-7-24-14-18)9-10-26(19)21(27)13-20(22)30-11-5-17-6-12-31-16-17/h2-3,6-7,12-14,16H,4-5,8-11,15H2,1H3. The van der Waals surface area contributed by atoms with Gasteiger partial charge in [0.15, 0.2) is 0 Å². The van der Waals surface area contributed by atoms with E-state index >= 15 is 0 Å². The number of nitrogens with zero attached hydrogens (tertiary/aromatic N) is 3. The molecule has 162 valence electrons. The van der Waals surface area contributed by atoms with Gasteiger partial charge >= 0.3 is 5.97 Å².